The minimum atomic E-state index is 0.0890. The fraction of sp³-hybridized carbons (Fsp3) is 0.533. The summed E-state index contributed by atoms with van der Waals surface area (Å²) < 4.78 is 0.853. The first-order valence-corrected chi connectivity index (χ1v) is 7.58. The molecular weight excluding hydrogens is 304 g/mol. The van der Waals surface area contributed by atoms with Crippen molar-refractivity contribution in [2.75, 3.05) is 18.8 Å². The molecule has 19 heavy (non-hydrogen) atoms. The molecule has 1 heterocycles. The number of hydrogen-bond donors (Lipinski definition) is 1. The second-order valence-electron chi connectivity index (χ2n) is 5.73. The third-order valence-corrected chi connectivity index (χ3v) is 4.74. The highest BCUT2D eigenvalue weighted by Gasteiger charge is 2.30. The van der Waals surface area contributed by atoms with Crippen LogP contribution in [-0.4, -0.2) is 23.9 Å². The largest absolute Gasteiger partial charge is 0.399 e. The van der Waals surface area contributed by atoms with Crippen LogP contribution in [0.1, 0.15) is 43.5 Å². The van der Waals surface area contributed by atoms with Gasteiger partial charge in [0.1, 0.15) is 0 Å². The Hall–Kier alpha value is -1.03. The Labute approximate surface area is 123 Å². The minimum absolute atomic E-state index is 0.0890. The zero-order chi connectivity index (χ0) is 14.0. The van der Waals surface area contributed by atoms with E-state index < -0.39 is 0 Å². The molecule has 2 rings (SSSR count). The zero-order valence-corrected chi connectivity index (χ0v) is 13.2. The van der Waals surface area contributed by atoms with Crippen LogP contribution in [-0.2, 0) is 0 Å². The number of amides is 1. The summed E-state index contributed by atoms with van der Waals surface area (Å²) in [4.78, 5) is 14.4. The molecule has 2 N–H and O–H groups in total. The van der Waals surface area contributed by atoms with Crippen LogP contribution >= 0.6 is 15.9 Å². The van der Waals surface area contributed by atoms with E-state index in [1.165, 1.54) is 6.42 Å². The smallest absolute Gasteiger partial charge is 0.253 e. The number of carbonyl (C=O) groups is 1. The van der Waals surface area contributed by atoms with E-state index in [1.807, 2.05) is 11.0 Å². The third-order valence-electron chi connectivity index (χ3n) is 4.28. The Morgan fingerprint density at radius 1 is 1.37 bits per heavy atom. The lowest BCUT2D eigenvalue weighted by molar-refractivity contribution is 0.0600. The molecule has 1 amide bonds. The Bertz CT molecular complexity index is 459. The zero-order valence-electron chi connectivity index (χ0n) is 11.6. The Kier molecular flexibility index (Phi) is 4.19. The maximum atomic E-state index is 12.5. The van der Waals surface area contributed by atoms with Gasteiger partial charge < -0.3 is 10.6 Å². The van der Waals surface area contributed by atoms with E-state index >= 15 is 0 Å². The number of nitrogen functional groups attached to an aromatic ring is 1. The number of hydrogen-bond acceptors (Lipinski definition) is 2. The lowest BCUT2D eigenvalue weighted by Crippen LogP contribution is -2.41. The van der Waals surface area contributed by atoms with Crippen molar-refractivity contribution < 1.29 is 4.79 Å². The van der Waals surface area contributed by atoms with Gasteiger partial charge in [-0.15, -0.1) is 0 Å². The van der Waals surface area contributed by atoms with Crippen LogP contribution in [0.15, 0.2) is 22.7 Å². The molecule has 0 aromatic heterocycles. The van der Waals surface area contributed by atoms with Crippen LogP contribution in [0.3, 0.4) is 0 Å². The number of nitrogens with two attached hydrogens (primary N) is 1. The summed E-state index contributed by atoms with van der Waals surface area (Å²) in [5, 5.41) is 0. The molecule has 4 heteroatoms. The predicted molar refractivity (Wildman–Crippen MR) is 82.1 cm³/mol. The molecule has 0 bridgehead atoms. The summed E-state index contributed by atoms with van der Waals surface area (Å²) in [6, 6.07) is 5.40. The van der Waals surface area contributed by atoms with E-state index in [9.17, 15) is 4.79 Å². The molecule has 0 atom stereocenters. The average molecular weight is 325 g/mol. The van der Waals surface area contributed by atoms with Gasteiger partial charge in [-0.05, 0) is 36.5 Å². The van der Waals surface area contributed by atoms with Crippen molar-refractivity contribution in [1.29, 1.82) is 0 Å². The second-order valence-corrected chi connectivity index (χ2v) is 6.65. The third kappa shape index (κ3) is 3.30. The van der Waals surface area contributed by atoms with Crippen molar-refractivity contribution in [3.8, 4) is 0 Å². The maximum Gasteiger partial charge on any atom is 0.253 e. The van der Waals surface area contributed by atoms with E-state index in [2.05, 4.69) is 29.8 Å². The monoisotopic (exact) mass is 324 g/mol. The Morgan fingerprint density at radius 3 is 2.53 bits per heavy atom. The highest BCUT2D eigenvalue weighted by molar-refractivity contribution is 9.10. The van der Waals surface area contributed by atoms with Gasteiger partial charge in [-0.2, -0.15) is 0 Å². The van der Waals surface area contributed by atoms with E-state index in [0.717, 1.165) is 30.4 Å². The molecule has 0 aliphatic carbocycles. The van der Waals surface area contributed by atoms with Gasteiger partial charge in [-0.1, -0.05) is 36.2 Å². The number of nitrogens with zero attached hydrogens (tertiary/aromatic N) is 1. The van der Waals surface area contributed by atoms with Crippen LogP contribution < -0.4 is 5.73 Å². The molecule has 3 nitrogen and oxygen atoms in total. The first-order chi connectivity index (χ1) is 8.93. The van der Waals surface area contributed by atoms with Crippen molar-refractivity contribution in [1.82, 2.24) is 4.90 Å². The molecule has 1 aliphatic rings. The lowest BCUT2D eigenvalue weighted by atomic mass is 9.78. The summed E-state index contributed by atoms with van der Waals surface area (Å²) in [5.41, 5.74) is 7.48. The normalized spacial score (nSPS) is 18.4. The van der Waals surface area contributed by atoms with E-state index in [4.69, 9.17) is 5.73 Å². The number of benzene rings is 1. The van der Waals surface area contributed by atoms with Crippen LogP contribution in [0, 0.1) is 5.41 Å². The number of halogens is 1. The molecule has 1 aliphatic heterocycles. The first-order valence-electron chi connectivity index (χ1n) is 6.79. The van der Waals surface area contributed by atoms with Gasteiger partial charge in [0, 0.05) is 28.8 Å². The van der Waals surface area contributed by atoms with E-state index in [0.29, 0.717) is 16.7 Å². The first kappa shape index (κ1) is 14.4. The quantitative estimate of drug-likeness (QED) is 0.843. The molecule has 1 aromatic rings. The molecule has 1 saturated heterocycles. The van der Waals surface area contributed by atoms with Crippen LogP contribution in [0.25, 0.3) is 0 Å². The topological polar surface area (TPSA) is 46.3 Å². The van der Waals surface area contributed by atoms with Gasteiger partial charge in [0.25, 0.3) is 5.91 Å². The predicted octanol–water partition coefficient (Wildman–Crippen LogP) is 3.68. The summed E-state index contributed by atoms with van der Waals surface area (Å²) >= 11 is 3.38. The minimum Gasteiger partial charge on any atom is -0.399 e. The van der Waals surface area contributed by atoms with E-state index in [1.54, 1.807) is 12.1 Å². The second kappa shape index (κ2) is 5.53. The van der Waals surface area contributed by atoms with Gasteiger partial charge in [0.2, 0.25) is 0 Å². The molecule has 1 fully saturated rings. The molecular formula is C15H21BrN2O. The Morgan fingerprint density at radius 2 is 2.00 bits per heavy atom. The highest BCUT2D eigenvalue weighted by Crippen LogP contribution is 2.34. The lowest BCUT2D eigenvalue weighted by Gasteiger charge is -2.39. The summed E-state index contributed by atoms with van der Waals surface area (Å²) in [6.07, 6.45) is 3.34. The van der Waals surface area contributed by atoms with Crippen molar-refractivity contribution >= 4 is 27.5 Å². The maximum absolute atomic E-state index is 12.5. The molecule has 1 aromatic carbocycles. The number of rotatable bonds is 2. The van der Waals surface area contributed by atoms with Crippen molar-refractivity contribution in [2.24, 2.45) is 5.41 Å². The SMILES string of the molecule is CCC1(C)CCN(C(=O)c2cc(N)cc(Br)c2)CC1. The van der Waals surface area contributed by atoms with E-state index in [-0.39, 0.29) is 5.91 Å². The van der Waals surface area contributed by atoms with Gasteiger partial charge >= 0.3 is 0 Å². The van der Waals surface area contributed by atoms with Crippen LogP contribution in [0.2, 0.25) is 0 Å². The molecule has 0 radical (unpaired) electrons. The van der Waals surface area contributed by atoms with Crippen molar-refractivity contribution in [3.63, 3.8) is 0 Å². The Balaban J connectivity index is 2.09. The number of likely N-dealkylation sites (tertiary alicyclic amines) is 1. The van der Waals surface area contributed by atoms with Gasteiger partial charge in [0.15, 0.2) is 0 Å². The number of anilines is 1. The van der Waals surface area contributed by atoms with Crippen molar-refractivity contribution in [3.05, 3.63) is 28.2 Å². The van der Waals surface area contributed by atoms with Crippen molar-refractivity contribution in [2.45, 2.75) is 33.1 Å². The standard InChI is InChI=1S/C15H21BrN2O/c1-3-15(2)4-6-18(7-5-15)14(19)11-8-12(16)10-13(17)9-11/h8-10H,3-7,17H2,1-2H3. The summed E-state index contributed by atoms with van der Waals surface area (Å²) in [7, 11) is 0. The molecule has 0 saturated carbocycles. The van der Waals surface area contributed by atoms with Gasteiger partial charge in [-0.25, -0.2) is 0 Å². The fourth-order valence-corrected chi connectivity index (χ4v) is 3.03. The number of carbonyl (C=O) groups excluding carboxylic acids is 1. The average Bonchev–Trinajstić information content (AvgIpc) is 2.38. The van der Waals surface area contributed by atoms with Gasteiger partial charge in [0.05, 0.1) is 0 Å². The molecule has 0 spiro atoms. The fourth-order valence-electron chi connectivity index (χ4n) is 2.52. The van der Waals surface area contributed by atoms with Crippen LogP contribution in [0.4, 0.5) is 5.69 Å². The summed E-state index contributed by atoms with van der Waals surface area (Å²) in [6.45, 7) is 6.23. The summed E-state index contributed by atoms with van der Waals surface area (Å²) in [5.74, 6) is 0.0890. The van der Waals surface area contributed by atoms with Crippen LogP contribution in [0.5, 0.6) is 0 Å². The molecule has 104 valence electrons. The highest BCUT2D eigenvalue weighted by atomic mass is 79.9. The number of piperidine rings is 1. The van der Waals surface area contributed by atoms with Gasteiger partial charge in [-0.3, -0.25) is 4.79 Å². The molecule has 0 unspecified atom stereocenters.